The second-order valence-corrected chi connectivity index (χ2v) is 9.72. The summed E-state index contributed by atoms with van der Waals surface area (Å²) in [5.74, 6) is 1.69. The fraction of sp³-hybridized carbons (Fsp3) is 0.188. The van der Waals surface area contributed by atoms with E-state index in [0.717, 1.165) is 46.2 Å². The Balaban J connectivity index is 1.50. The van der Waals surface area contributed by atoms with E-state index in [1.165, 1.54) is 5.56 Å². The van der Waals surface area contributed by atoms with Crippen LogP contribution in [0.4, 0.5) is 10.5 Å². The van der Waals surface area contributed by atoms with Gasteiger partial charge >= 0.3 is 6.03 Å². The highest BCUT2D eigenvalue weighted by Gasteiger charge is 2.36. The number of benzene rings is 3. The Morgan fingerprint density at radius 3 is 2.41 bits per heavy atom. The monoisotopic (exact) mass is 517 g/mol. The number of para-hydroxylation sites is 1. The highest BCUT2D eigenvalue weighted by atomic mass is 16.5. The third-order valence-electron chi connectivity index (χ3n) is 7.39. The number of carbonyl (C=O) groups is 1. The van der Waals surface area contributed by atoms with Crippen molar-refractivity contribution in [1.29, 1.82) is 0 Å². The van der Waals surface area contributed by atoms with E-state index in [2.05, 4.69) is 65.5 Å². The Morgan fingerprint density at radius 2 is 1.72 bits per heavy atom. The van der Waals surface area contributed by atoms with Crippen molar-refractivity contribution in [2.45, 2.75) is 32.9 Å². The number of hydrogen-bond acceptors (Lipinski definition) is 3. The van der Waals surface area contributed by atoms with Crippen LogP contribution in [-0.2, 0) is 13.0 Å². The zero-order valence-corrected chi connectivity index (χ0v) is 22.3. The number of urea groups is 1. The number of carbonyl (C=O) groups excluding carboxylic acids is 1. The minimum Gasteiger partial charge on any atom is -0.497 e. The van der Waals surface area contributed by atoms with Crippen LogP contribution in [-0.4, -0.2) is 32.4 Å². The third kappa shape index (κ3) is 4.46. The fourth-order valence-electron chi connectivity index (χ4n) is 5.31. The molecular formula is C32H31N5O2. The minimum absolute atomic E-state index is 0.183. The van der Waals surface area contributed by atoms with Crippen LogP contribution in [0.2, 0.25) is 0 Å². The van der Waals surface area contributed by atoms with Crippen molar-refractivity contribution in [3.8, 4) is 17.3 Å². The number of rotatable bonds is 5. The lowest BCUT2D eigenvalue weighted by Crippen LogP contribution is -2.38. The Hall–Kier alpha value is -4.78. The molecule has 5 aromatic rings. The second-order valence-electron chi connectivity index (χ2n) is 9.72. The number of methoxy groups -OCH3 is 1. The molecule has 6 rings (SSSR count). The summed E-state index contributed by atoms with van der Waals surface area (Å²) in [6.45, 7) is 4.56. The summed E-state index contributed by atoms with van der Waals surface area (Å²) in [6.07, 6.45) is 3.02. The number of amides is 2. The molecule has 1 N–H and O–H groups in total. The molecule has 1 aliphatic rings. The van der Waals surface area contributed by atoms with Crippen molar-refractivity contribution in [1.82, 2.24) is 19.2 Å². The largest absolute Gasteiger partial charge is 0.497 e. The molecule has 0 bridgehead atoms. The molecule has 3 aromatic carbocycles. The van der Waals surface area contributed by atoms with E-state index in [1.54, 1.807) is 7.11 Å². The van der Waals surface area contributed by atoms with Gasteiger partial charge in [0.1, 0.15) is 11.6 Å². The van der Waals surface area contributed by atoms with Crippen molar-refractivity contribution in [2.24, 2.45) is 0 Å². The van der Waals surface area contributed by atoms with Gasteiger partial charge in [-0.2, -0.15) is 5.10 Å². The summed E-state index contributed by atoms with van der Waals surface area (Å²) in [7, 11) is 1.63. The molecular weight excluding hydrogens is 486 g/mol. The lowest BCUT2D eigenvalue weighted by Gasteiger charge is -2.31. The van der Waals surface area contributed by atoms with Crippen LogP contribution in [0.3, 0.4) is 0 Å². The number of nitrogens with one attached hydrogen (secondary N) is 1. The normalized spacial score (nSPS) is 14.3. The summed E-state index contributed by atoms with van der Waals surface area (Å²) in [4.78, 5) is 16.0. The molecule has 0 spiro atoms. The Bertz CT molecular complexity index is 1600. The number of nitrogens with zero attached hydrogens (tertiary/aromatic N) is 4. The molecule has 2 amide bonds. The maximum absolute atomic E-state index is 14.1. The average Bonchev–Trinajstić information content (AvgIpc) is 3.54. The molecule has 0 saturated heterocycles. The van der Waals surface area contributed by atoms with Crippen LogP contribution in [0.25, 0.3) is 11.5 Å². The molecule has 0 aliphatic carbocycles. The van der Waals surface area contributed by atoms with Crippen LogP contribution in [0.15, 0.2) is 97.2 Å². The van der Waals surface area contributed by atoms with Gasteiger partial charge in [-0.3, -0.25) is 0 Å². The van der Waals surface area contributed by atoms with E-state index in [1.807, 2.05) is 65.0 Å². The maximum Gasteiger partial charge on any atom is 0.322 e. The number of aryl methyl sites for hydroxylation is 2. The van der Waals surface area contributed by atoms with E-state index in [0.29, 0.717) is 12.2 Å². The predicted octanol–water partition coefficient (Wildman–Crippen LogP) is 6.68. The van der Waals surface area contributed by atoms with E-state index < -0.39 is 0 Å². The van der Waals surface area contributed by atoms with E-state index in [9.17, 15) is 4.79 Å². The first-order chi connectivity index (χ1) is 19.1. The maximum atomic E-state index is 14.1. The summed E-state index contributed by atoms with van der Waals surface area (Å²) in [6, 6.07) is 29.7. The summed E-state index contributed by atoms with van der Waals surface area (Å²) in [5, 5.41) is 8.04. The molecule has 1 unspecified atom stereocenters. The third-order valence-corrected chi connectivity index (χ3v) is 7.39. The first-order valence-electron chi connectivity index (χ1n) is 13.2. The molecule has 0 radical (unpaired) electrons. The Labute approximate surface area is 228 Å². The van der Waals surface area contributed by atoms with Crippen molar-refractivity contribution in [2.75, 3.05) is 12.4 Å². The molecule has 2 aromatic heterocycles. The van der Waals surface area contributed by atoms with Gasteiger partial charge in [0, 0.05) is 17.4 Å². The van der Waals surface area contributed by atoms with Gasteiger partial charge in [0.2, 0.25) is 0 Å². The molecule has 196 valence electrons. The minimum atomic E-state index is -0.305. The van der Waals surface area contributed by atoms with E-state index in [4.69, 9.17) is 9.84 Å². The van der Waals surface area contributed by atoms with Gasteiger partial charge in [0.05, 0.1) is 36.8 Å². The molecule has 0 fully saturated rings. The standard InChI is InChI=1S/C32H31N5O2/c1-4-23-12-14-24(15-13-23)30-29-11-8-20-35(29)31-28(22(2)34-37(31)26-9-6-5-7-10-26)21-36(30)32(38)33-25-16-18-27(39-3)19-17-25/h5-20,30H,4,21H2,1-3H3,(H,33,38). The zero-order valence-electron chi connectivity index (χ0n) is 22.3. The molecule has 39 heavy (non-hydrogen) atoms. The van der Waals surface area contributed by atoms with Gasteiger partial charge in [0.15, 0.2) is 0 Å². The molecule has 1 aliphatic heterocycles. The lowest BCUT2D eigenvalue weighted by molar-refractivity contribution is 0.194. The first-order valence-corrected chi connectivity index (χ1v) is 13.2. The Morgan fingerprint density at radius 1 is 0.974 bits per heavy atom. The van der Waals surface area contributed by atoms with Gasteiger partial charge in [-0.05, 0) is 73.0 Å². The number of hydrogen-bond donors (Lipinski definition) is 1. The van der Waals surface area contributed by atoms with E-state index in [-0.39, 0.29) is 12.1 Å². The highest BCUT2D eigenvalue weighted by molar-refractivity contribution is 5.90. The van der Waals surface area contributed by atoms with Crippen molar-refractivity contribution in [3.05, 3.63) is 125 Å². The lowest BCUT2D eigenvalue weighted by atomic mass is 9.99. The summed E-state index contributed by atoms with van der Waals surface area (Å²) < 4.78 is 9.45. The highest BCUT2D eigenvalue weighted by Crippen LogP contribution is 2.39. The van der Waals surface area contributed by atoms with Crippen LogP contribution >= 0.6 is 0 Å². The van der Waals surface area contributed by atoms with Crippen LogP contribution in [0.5, 0.6) is 5.75 Å². The topological polar surface area (TPSA) is 64.3 Å². The molecule has 0 saturated carbocycles. The van der Waals surface area contributed by atoms with E-state index >= 15 is 0 Å². The SMILES string of the molecule is CCc1ccc(C2c3cccn3-c3c(c(C)nn3-c3ccccc3)CN2C(=O)Nc2ccc(OC)cc2)cc1. The average molecular weight is 518 g/mol. The number of ether oxygens (including phenoxy) is 1. The van der Waals surface area contributed by atoms with Crippen molar-refractivity contribution in [3.63, 3.8) is 0 Å². The smallest absolute Gasteiger partial charge is 0.322 e. The summed E-state index contributed by atoms with van der Waals surface area (Å²) >= 11 is 0. The van der Waals surface area contributed by atoms with Gasteiger partial charge < -0.3 is 19.5 Å². The van der Waals surface area contributed by atoms with Gasteiger partial charge in [-0.15, -0.1) is 0 Å². The van der Waals surface area contributed by atoms with Crippen molar-refractivity contribution < 1.29 is 9.53 Å². The molecule has 3 heterocycles. The van der Waals surface area contributed by atoms with Gasteiger partial charge in [-0.1, -0.05) is 49.4 Å². The van der Waals surface area contributed by atoms with Crippen LogP contribution < -0.4 is 10.1 Å². The zero-order chi connectivity index (χ0) is 26.9. The number of aromatic nitrogens is 3. The number of fused-ring (bicyclic) bond motifs is 3. The van der Waals surface area contributed by atoms with Gasteiger partial charge in [-0.25, -0.2) is 9.48 Å². The molecule has 7 heteroatoms. The van der Waals surface area contributed by atoms with Crippen molar-refractivity contribution >= 4 is 11.7 Å². The summed E-state index contributed by atoms with van der Waals surface area (Å²) in [5.41, 5.74) is 6.89. The van der Waals surface area contributed by atoms with Crippen LogP contribution in [0, 0.1) is 6.92 Å². The second kappa shape index (κ2) is 10.2. The predicted molar refractivity (Wildman–Crippen MR) is 153 cm³/mol. The van der Waals surface area contributed by atoms with Crippen LogP contribution in [0.1, 0.15) is 41.0 Å². The first kappa shape index (κ1) is 24.6. The molecule has 7 nitrogen and oxygen atoms in total. The molecule has 1 atom stereocenters. The fourth-order valence-corrected chi connectivity index (χ4v) is 5.31. The Kier molecular flexibility index (Phi) is 6.40. The number of anilines is 1. The van der Waals surface area contributed by atoms with Gasteiger partial charge in [0.25, 0.3) is 0 Å². The quantitative estimate of drug-likeness (QED) is 0.283.